The van der Waals surface area contributed by atoms with Gasteiger partial charge in [0.2, 0.25) is 10.0 Å². The van der Waals surface area contributed by atoms with Gasteiger partial charge in [-0.1, -0.05) is 13.0 Å². The number of aromatic nitrogens is 2. The lowest BCUT2D eigenvalue weighted by Gasteiger charge is -2.39. The van der Waals surface area contributed by atoms with Crippen LogP contribution in [0, 0.1) is 23.4 Å². The summed E-state index contributed by atoms with van der Waals surface area (Å²) in [5.41, 5.74) is 6.46. The molecule has 2 aromatic heterocycles. The molecular formula is C26H27F3N4O3S. The van der Waals surface area contributed by atoms with Crippen molar-refractivity contribution in [3.05, 3.63) is 83.1 Å². The molecule has 7 nitrogen and oxygen atoms in total. The minimum Gasteiger partial charge on any atom is -0.326 e. The molecule has 0 bridgehead atoms. The Morgan fingerprint density at radius 3 is 2.43 bits per heavy atom. The lowest BCUT2D eigenvalue weighted by Crippen LogP contribution is -2.54. The first kappa shape index (κ1) is 26.9. The van der Waals surface area contributed by atoms with Gasteiger partial charge in [0.15, 0.2) is 5.78 Å². The van der Waals surface area contributed by atoms with Crippen molar-refractivity contribution in [3.63, 3.8) is 0 Å². The highest BCUT2D eigenvalue weighted by Gasteiger charge is 2.36. The molecule has 196 valence electrons. The lowest BCUT2D eigenvalue weighted by atomic mass is 9.73. The molecule has 4 atom stereocenters. The Kier molecular flexibility index (Phi) is 7.77. The van der Waals surface area contributed by atoms with Crippen LogP contribution in [0.1, 0.15) is 47.3 Å². The highest BCUT2D eigenvalue weighted by molar-refractivity contribution is 7.88. The van der Waals surface area contributed by atoms with E-state index >= 15 is 0 Å². The molecule has 4 rings (SSSR count). The third-order valence-electron chi connectivity index (χ3n) is 6.70. The molecule has 11 heteroatoms. The van der Waals surface area contributed by atoms with Gasteiger partial charge in [-0.3, -0.25) is 9.78 Å². The van der Waals surface area contributed by atoms with Gasteiger partial charge in [-0.15, -0.1) is 0 Å². The molecule has 0 spiro atoms. The molecule has 37 heavy (non-hydrogen) atoms. The number of rotatable bonds is 7. The van der Waals surface area contributed by atoms with Crippen molar-refractivity contribution in [2.45, 2.75) is 44.2 Å². The van der Waals surface area contributed by atoms with Gasteiger partial charge < -0.3 is 5.73 Å². The predicted octanol–water partition coefficient (Wildman–Crippen LogP) is 3.74. The summed E-state index contributed by atoms with van der Waals surface area (Å²) in [6.07, 6.45) is 5.28. The first-order chi connectivity index (χ1) is 17.4. The van der Waals surface area contributed by atoms with Gasteiger partial charge in [0.05, 0.1) is 11.8 Å². The number of ketones is 1. The quantitative estimate of drug-likeness (QED) is 0.448. The van der Waals surface area contributed by atoms with Crippen molar-refractivity contribution in [3.8, 4) is 11.3 Å². The maximum Gasteiger partial charge on any atom is 0.209 e. The normalized spacial score (nSPS) is 22.1. The van der Waals surface area contributed by atoms with Gasteiger partial charge in [0.1, 0.15) is 28.8 Å². The molecule has 0 unspecified atom stereocenters. The van der Waals surface area contributed by atoms with Crippen molar-refractivity contribution >= 4 is 15.8 Å². The van der Waals surface area contributed by atoms with E-state index in [1.54, 1.807) is 18.5 Å². The number of hydrogen-bond acceptors (Lipinski definition) is 6. The zero-order valence-electron chi connectivity index (χ0n) is 20.3. The fourth-order valence-electron chi connectivity index (χ4n) is 5.04. The summed E-state index contributed by atoms with van der Waals surface area (Å²) in [5, 5.41) is 0. The van der Waals surface area contributed by atoms with Gasteiger partial charge in [-0.2, -0.15) is 0 Å². The van der Waals surface area contributed by atoms with Gasteiger partial charge in [0, 0.05) is 30.9 Å². The molecule has 0 radical (unpaired) electrons. The first-order valence-corrected chi connectivity index (χ1v) is 13.6. The number of sulfonamides is 1. The van der Waals surface area contributed by atoms with E-state index in [1.807, 2.05) is 6.92 Å². The van der Waals surface area contributed by atoms with Crippen molar-refractivity contribution < 1.29 is 26.4 Å². The average Bonchev–Trinajstić information content (AvgIpc) is 2.82. The van der Waals surface area contributed by atoms with Crippen LogP contribution in [0.25, 0.3) is 11.3 Å². The molecule has 0 saturated heterocycles. The van der Waals surface area contributed by atoms with Crippen LogP contribution >= 0.6 is 0 Å². The van der Waals surface area contributed by atoms with E-state index in [2.05, 4.69) is 14.7 Å². The number of halogens is 3. The summed E-state index contributed by atoms with van der Waals surface area (Å²) in [5.74, 6) is -3.51. The van der Waals surface area contributed by atoms with Gasteiger partial charge in [-0.25, -0.2) is 31.3 Å². The summed E-state index contributed by atoms with van der Waals surface area (Å²) >= 11 is 0. The van der Waals surface area contributed by atoms with Crippen LogP contribution in [0.5, 0.6) is 0 Å². The number of pyridine rings is 2. The molecule has 0 aliphatic heterocycles. The number of nitrogens with one attached hydrogen (secondary N) is 1. The fourth-order valence-corrected chi connectivity index (χ4v) is 5.94. The third-order valence-corrected chi connectivity index (χ3v) is 7.40. The standard InChI is InChI=1S/C26H27F3N4O3S/c1-14-10-15(11-21(30)25(14)33-37(2,35)36)17-8-9-31-13-16(17)12-23(34)22-7-6-20(29)26(32-22)24-18(27)4-3-5-19(24)28/h3-9,13-15,21,25,33H,10-12,30H2,1-2H3/t14-,15+,21+,25+/m0/s1. The number of benzene rings is 1. The first-order valence-electron chi connectivity index (χ1n) is 11.7. The van der Waals surface area contributed by atoms with Crippen molar-refractivity contribution in [2.24, 2.45) is 11.7 Å². The molecule has 3 aromatic rings. The second-order valence-corrected chi connectivity index (χ2v) is 11.3. The summed E-state index contributed by atoms with van der Waals surface area (Å²) in [6, 6.07) is 6.23. The second-order valence-electron chi connectivity index (χ2n) is 9.52. The number of nitrogens with two attached hydrogens (primary N) is 1. The lowest BCUT2D eigenvalue weighted by molar-refractivity contribution is 0.0987. The van der Waals surface area contributed by atoms with E-state index in [9.17, 15) is 26.4 Å². The number of Topliss-reactive ketones (excluding diaryl/α,β-unsaturated/α-hetero) is 1. The topological polar surface area (TPSA) is 115 Å². The summed E-state index contributed by atoms with van der Waals surface area (Å²) in [7, 11) is -3.42. The van der Waals surface area contributed by atoms with Crippen molar-refractivity contribution in [1.29, 1.82) is 0 Å². The molecule has 3 N–H and O–H groups in total. The molecule has 1 aliphatic rings. The van der Waals surface area contributed by atoms with Gasteiger partial charge in [-0.05, 0) is 66.1 Å². The highest BCUT2D eigenvalue weighted by atomic mass is 32.2. The van der Waals surface area contributed by atoms with Crippen LogP contribution in [-0.2, 0) is 16.4 Å². The maximum absolute atomic E-state index is 14.4. The van der Waals surface area contributed by atoms with Crippen LogP contribution in [0.4, 0.5) is 13.2 Å². The average molecular weight is 533 g/mol. The van der Waals surface area contributed by atoms with Gasteiger partial charge in [0.25, 0.3) is 0 Å². The second kappa shape index (κ2) is 10.7. The Morgan fingerprint density at radius 1 is 1.08 bits per heavy atom. The SMILES string of the molecule is C[C@H]1C[C@@H](c2ccncc2CC(=O)c2ccc(F)c(-c3c(F)cccc3F)n2)C[C@@H](N)[C@@H]1NS(C)(=O)=O. The minimum absolute atomic E-state index is 0.0438. The Morgan fingerprint density at radius 2 is 1.78 bits per heavy atom. The Bertz CT molecular complexity index is 1400. The number of carbonyl (C=O) groups is 1. The molecule has 2 heterocycles. The summed E-state index contributed by atoms with van der Waals surface area (Å²) < 4.78 is 69.0. The predicted molar refractivity (Wildman–Crippen MR) is 133 cm³/mol. The van der Waals surface area contributed by atoms with Crippen LogP contribution in [0.2, 0.25) is 0 Å². The highest BCUT2D eigenvalue weighted by Crippen LogP contribution is 2.37. The fraction of sp³-hybridized carbons (Fsp3) is 0.346. The van der Waals surface area contributed by atoms with E-state index in [1.165, 1.54) is 6.07 Å². The number of nitrogens with zero attached hydrogens (tertiary/aromatic N) is 2. The van der Waals surface area contributed by atoms with Gasteiger partial charge >= 0.3 is 0 Å². The summed E-state index contributed by atoms with van der Waals surface area (Å²) in [6.45, 7) is 1.92. The molecule has 1 aromatic carbocycles. The number of carbonyl (C=O) groups excluding carboxylic acids is 1. The molecule has 1 saturated carbocycles. The molecule has 1 aliphatic carbocycles. The van der Waals surface area contributed by atoms with Crippen LogP contribution in [0.15, 0.2) is 48.8 Å². The molecule has 1 fully saturated rings. The van der Waals surface area contributed by atoms with Crippen LogP contribution < -0.4 is 10.5 Å². The maximum atomic E-state index is 14.4. The third kappa shape index (κ3) is 6.06. The van der Waals surface area contributed by atoms with E-state index in [4.69, 9.17) is 5.73 Å². The smallest absolute Gasteiger partial charge is 0.209 e. The van der Waals surface area contributed by atoms with Crippen molar-refractivity contribution in [1.82, 2.24) is 14.7 Å². The van der Waals surface area contributed by atoms with E-state index < -0.39 is 56.6 Å². The molecular weight excluding hydrogens is 505 g/mol. The summed E-state index contributed by atoms with van der Waals surface area (Å²) in [4.78, 5) is 21.2. The Labute approximate surface area is 213 Å². The van der Waals surface area contributed by atoms with E-state index in [-0.39, 0.29) is 24.0 Å². The minimum atomic E-state index is -3.42. The van der Waals surface area contributed by atoms with Crippen LogP contribution in [-0.4, -0.2) is 42.5 Å². The zero-order chi connectivity index (χ0) is 26.9. The Hall–Kier alpha value is -3.15. The Balaban J connectivity index is 1.59. The van der Waals surface area contributed by atoms with E-state index in [0.717, 1.165) is 36.1 Å². The largest absolute Gasteiger partial charge is 0.326 e. The van der Waals surface area contributed by atoms with Crippen molar-refractivity contribution in [2.75, 3.05) is 6.26 Å². The van der Waals surface area contributed by atoms with Crippen LogP contribution in [0.3, 0.4) is 0 Å². The number of hydrogen-bond donors (Lipinski definition) is 2. The molecule has 0 amide bonds. The zero-order valence-corrected chi connectivity index (χ0v) is 21.1. The monoisotopic (exact) mass is 532 g/mol. The van der Waals surface area contributed by atoms with E-state index in [0.29, 0.717) is 18.4 Å².